The summed E-state index contributed by atoms with van der Waals surface area (Å²) in [5.74, 6) is 1.37. The number of hydrogen-bond acceptors (Lipinski definition) is 3. The molecule has 126 valence electrons. The summed E-state index contributed by atoms with van der Waals surface area (Å²) in [6, 6.07) is 11.1. The van der Waals surface area contributed by atoms with Gasteiger partial charge < -0.3 is 14.6 Å². The van der Waals surface area contributed by atoms with E-state index < -0.39 is 0 Å². The molecule has 1 saturated heterocycles. The van der Waals surface area contributed by atoms with Crippen LogP contribution in [-0.4, -0.2) is 35.8 Å². The lowest BCUT2D eigenvalue weighted by molar-refractivity contribution is 0.0696. The predicted octanol–water partition coefficient (Wildman–Crippen LogP) is 2.93. The Morgan fingerprint density at radius 3 is 2.38 bits per heavy atom. The molecule has 1 aliphatic rings. The first-order valence-corrected chi connectivity index (χ1v) is 8.27. The van der Waals surface area contributed by atoms with Crippen LogP contribution in [0.1, 0.15) is 45.1 Å². The summed E-state index contributed by atoms with van der Waals surface area (Å²) in [5, 5.41) is 3.05. The number of rotatable bonds is 3. The Morgan fingerprint density at radius 2 is 1.79 bits per heavy atom. The lowest BCUT2D eigenvalue weighted by Crippen LogP contribution is -2.46. The van der Waals surface area contributed by atoms with Gasteiger partial charge in [0.1, 0.15) is 11.5 Å². The summed E-state index contributed by atoms with van der Waals surface area (Å²) in [6.07, 6.45) is 1.53. The van der Waals surface area contributed by atoms with Crippen molar-refractivity contribution in [2.75, 3.05) is 13.1 Å². The quantitative estimate of drug-likeness (QED) is 0.943. The Bertz CT molecular complexity index is 728. The van der Waals surface area contributed by atoms with E-state index in [1.54, 1.807) is 18.2 Å². The highest BCUT2D eigenvalue weighted by molar-refractivity contribution is 5.95. The van der Waals surface area contributed by atoms with Crippen LogP contribution in [0, 0.1) is 13.8 Å². The Morgan fingerprint density at radius 1 is 1.12 bits per heavy atom. The number of carbonyl (C=O) groups is 2. The lowest BCUT2D eigenvalue weighted by atomic mass is 10.0. The topological polar surface area (TPSA) is 62.6 Å². The van der Waals surface area contributed by atoms with E-state index in [-0.39, 0.29) is 17.9 Å². The van der Waals surface area contributed by atoms with E-state index in [4.69, 9.17) is 4.42 Å². The maximum Gasteiger partial charge on any atom is 0.257 e. The average Bonchev–Trinajstić information content (AvgIpc) is 2.94. The minimum absolute atomic E-state index is 0.0113. The maximum absolute atomic E-state index is 12.6. The van der Waals surface area contributed by atoms with Crippen molar-refractivity contribution in [2.45, 2.75) is 32.7 Å². The molecule has 2 heterocycles. The summed E-state index contributed by atoms with van der Waals surface area (Å²) >= 11 is 0. The van der Waals surface area contributed by atoms with Crippen molar-refractivity contribution in [2.24, 2.45) is 0 Å². The first-order valence-electron chi connectivity index (χ1n) is 8.27. The second-order valence-electron chi connectivity index (χ2n) is 6.23. The lowest BCUT2D eigenvalue weighted by Gasteiger charge is -2.32. The first kappa shape index (κ1) is 16.3. The van der Waals surface area contributed by atoms with E-state index >= 15 is 0 Å². The van der Waals surface area contributed by atoms with Gasteiger partial charge >= 0.3 is 0 Å². The normalized spacial score (nSPS) is 15.3. The second kappa shape index (κ2) is 6.91. The number of piperidine rings is 1. The molecule has 1 aromatic carbocycles. The molecule has 0 bridgehead atoms. The zero-order valence-electron chi connectivity index (χ0n) is 14.0. The van der Waals surface area contributed by atoms with Gasteiger partial charge in [0.2, 0.25) is 0 Å². The van der Waals surface area contributed by atoms with Crippen LogP contribution in [0.15, 0.2) is 40.8 Å². The van der Waals surface area contributed by atoms with E-state index in [9.17, 15) is 9.59 Å². The van der Waals surface area contributed by atoms with Crippen molar-refractivity contribution in [3.8, 4) is 0 Å². The molecule has 1 N–H and O–H groups in total. The van der Waals surface area contributed by atoms with Crippen molar-refractivity contribution >= 4 is 11.8 Å². The summed E-state index contributed by atoms with van der Waals surface area (Å²) in [6.45, 7) is 4.94. The second-order valence-corrected chi connectivity index (χ2v) is 6.23. The largest absolute Gasteiger partial charge is 0.466 e. The number of aryl methyl sites for hydroxylation is 2. The third kappa shape index (κ3) is 3.50. The Balaban J connectivity index is 1.55. The number of benzene rings is 1. The van der Waals surface area contributed by atoms with Gasteiger partial charge in [-0.1, -0.05) is 18.2 Å². The van der Waals surface area contributed by atoms with Gasteiger partial charge in [-0.25, -0.2) is 0 Å². The van der Waals surface area contributed by atoms with Crippen molar-refractivity contribution in [3.63, 3.8) is 0 Å². The van der Waals surface area contributed by atoms with E-state index in [0.29, 0.717) is 30.0 Å². The summed E-state index contributed by atoms with van der Waals surface area (Å²) in [5.41, 5.74) is 1.31. The van der Waals surface area contributed by atoms with Crippen molar-refractivity contribution in [1.29, 1.82) is 0 Å². The number of furan rings is 1. The minimum atomic E-state index is -0.0540. The molecule has 2 aromatic rings. The Labute approximate surface area is 141 Å². The van der Waals surface area contributed by atoms with Gasteiger partial charge in [-0.2, -0.15) is 0 Å². The van der Waals surface area contributed by atoms with Crippen molar-refractivity contribution in [1.82, 2.24) is 10.2 Å². The van der Waals surface area contributed by atoms with Gasteiger partial charge in [0.25, 0.3) is 11.8 Å². The number of carbonyl (C=O) groups excluding carboxylic acids is 2. The molecule has 3 rings (SSSR count). The van der Waals surface area contributed by atoms with Crippen molar-refractivity contribution < 1.29 is 14.0 Å². The van der Waals surface area contributed by atoms with Gasteiger partial charge in [-0.3, -0.25) is 9.59 Å². The molecule has 0 aliphatic carbocycles. The number of nitrogens with zero attached hydrogens (tertiary/aromatic N) is 1. The first-order chi connectivity index (χ1) is 11.5. The molecule has 5 nitrogen and oxygen atoms in total. The zero-order chi connectivity index (χ0) is 17.1. The molecule has 0 spiro atoms. The van der Waals surface area contributed by atoms with Crippen LogP contribution in [0.25, 0.3) is 0 Å². The number of likely N-dealkylation sites (tertiary alicyclic amines) is 1. The standard InChI is InChI=1S/C19H22N2O3/c1-13-12-17(14(2)24-13)19(23)21-10-8-16(9-11-21)20-18(22)15-6-4-3-5-7-15/h3-7,12,16H,8-11H2,1-2H3,(H,20,22). The third-order valence-corrected chi connectivity index (χ3v) is 4.42. The fraction of sp³-hybridized carbons (Fsp3) is 0.368. The summed E-state index contributed by atoms with van der Waals surface area (Å²) < 4.78 is 5.44. The fourth-order valence-electron chi connectivity index (χ4n) is 3.10. The van der Waals surface area contributed by atoms with Gasteiger partial charge in [-0.05, 0) is 44.9 Å². The van der Waals surface area contributed by atoms with Crippen LogP contribution in [0.5, 0.6) is 0 Å². The average molecular weight is 326 g/mol. The zero-order valence-corrected chi connectivity index (χ0v) is 14.0. The third-order valence-electron chi connectivity index (χ3n) is 4.42. The van der Waals surface area contributed by atoms with Crippen LogP contribution < -0.4 is 5.32 Å². The molecule has 0 saturated carbocycles. The highest BCUT2D eigenvalue weighted by Gasteiger charge is 2.26. The molecule has 5 heteroatoms. The van der Waals surface area contributed by atoms with Crippen LogP contribution in [0.3, 0.4) is 0 Å². The molecule has 0 atom stereocenters. The summed E-state index contributed by atoms with van der Waals surface area (Å²) in [4.78, 5) is 26.6. The summed E-state index contributed by atoms with van der Waals surface area (Å²) in [7, 11) is 0. The van der Waals surface area contributed by atoms with E-state index in [1.807, 2.05) is 36.9 Å². The van der Waals surface area contributed by atoms with Crippen LogP contribution in [0.4, 0.5) is 0 Å². The monoisotopic (exact) mass is 326 g/mol. The molecule has 1 aromatic heterocycles. The van der Waals surface area contributed by atoms with Gasteiger partial charge in [0.15, 0.2) is 0 Å². The van der Waals surface area contributed by atoms with E-state index in [1.165, 1.54) is 0 Å². The van der Waals surface area contributed by atoms with Gasteiger partial charge in [0.05, 0.1) is 5.56 Å². The van der Waals surface area contributed by atoms with E-state index in [2.05, 4.69) is 5.32 Å². The Kier molecular flexibility index (Phi) is 4.69. The molecule has 2 amide bonds. The van der Waals surface area contributed by atoms with E-state index in [0.717, 1.165) is 18.6 Å². The number of nitrogens with one attached hydrogen (secondary N) is 1. The SMILES string of the molecule is Cc1cc(C(=O)N2CCC(NC(=O)c3ccccc3)CC2)c(C)o1. The Hall–Kier alpha value is -2.56. The fourth-order valence-corrected chi connectivity index (χ4v) is 3.10. The molecule has 0 unspecified atom stereocenters. The molecular formula is C19H22N2O3. The van der Waals surface area contributed by atoms with Gasteiger partial charge in [-0.15, -0.1) is 0 Å². The predicted molar refractivity (Wildman–Crippen MR) is 91.0 cm³/mol. The molecule has 1 fully saturated rings. The van der Waals surface area contributed by atoms with Gasteiger partial charge in [0, 0.05) is 24.7 Å². The molecule has 24 heavy (non-hydrogen) atoms. The number of amides is 2. The maximum atomic E-state index is 12.6. The van der Waals surface area contributed by atoms with Crippen LogP contribution in [0.2, 0.25) is 0 Å². The highest BCUT2D eigenvalue weighted by Crippen LogP contribution is 2.19. The smallest absolute Gasteiger partial charge is 0.257 e. The van der Waals surface area contributed by atoms with Crippen LogP contribution in [-0.2, 0) is 0 Å². The number of hydrogen-bond donors (Lipinski definition) is 1. The molecule has 1 aliphatic heterocycles. The van der Waals surface area contributed by atoms with Crippen LogP contribution >= 0.6 is 0 Å². The van der Waals surface area contributed by atoms with Crippen molar-refractivity contribution in [3.05, 3.63) is 59.0 Å². The molecule has 0 radical (unpaired) electrons. The molecular weight excluding hydrogens is 304 g/mol. The minimum Gasteiger partial charge on any atom is -0.466 e. The highest BCUT2D eigenvalue weighted by atomic mass is 16.3.